The molecule has 0 radical (unpaired) electrons. The number of thiazole rings is 1. The second kappa shape index (κ2) is 7.50. The van der Waals surface area contributed by atoms with Crippen LogP contribution in [0, 0.1) is 6.92 Å². The summed E-state index contributed by atoms with van der Waals surface area (Å²) >= 11 is 1.22. The van der Waals surface area contributed by atoms with Gasteiger partial charge in [0.15, 0.2) is 5.13 Å². The Bertz CT molecular complexity index is 1100. The van der Waals surface area contributed by atoms with Crippen LogP contribution >= 0.6 is 11.3 Å². The molecule has 0 atom stereocenters. The lowest BCUT2D eigenvalue weighted by atomic mass is 9.96. The summed E-state index contributed by atoms with van der Waals surface area (Å²) in [5.41, 5.74) is 0.666. The third-order valence-electron chi connectivity index (χ3n) is 4.03. The molecule has 0 saturated heterocycles. The Morgan fingerprint density at radius 3 is 2.46 bits per heavy atom. The predicted molar refractivity (Wildman–Crippen MR) is 109 cm³/mol. The molecule has 2 heterocycles. The number of amides is 1. The van der Waals surface area contributed by atoms with Gasteiger partial charge in [0.05, 0.1) is 16.1 Å². The fraction of sp³-hybridized carbons (Fsp3) is 0.263. The summed E-state index contributed by atoms with van der Waals surface area (Å²) in [4.78, 5) is 16.1. The van der Waals surface area contributed by atoms with E-state index in [2.05, 4.69) is 15.0 Å². The molecular weight excluding hydrogens is 398 g/mol. The van der Waals surface area contributed by atoms with Crippen molar-refractivity contribution in [2.24, 2.45) is 0 Å². The minimum atomic E-state index is -3.88. The average molecular weight is 420 g/mol. The number of aryl methyl sites for hydroxylation is 1. The lowest BCUT2D eigenvalue weighted by Crippen LogP contribution is -2.40. The Morgan fingerprint density at radius 2 is 1.82 bits per heavy atom. The smallest absolute Gasteiger partial charge is 0.274 e. The highest BCUT2D eigenvalue weighted by molar-refractivity contribution is 7.89. The van der Waals surface area contributed by atoms with Crippen LogP contribution in [0.3, 0.4) is 0 Å². The molecule has 28 heavy (non-hydrogen) atoms. The van der Waals surface area contributed by atoms with Crippen LogP contribution in [0.25, 0.3) is 10.6 Å². The Balaban J connectivity index is 1.87. The average Bonchev–Trinajstić information content (AvgIpc) is 3.21. The first-order valence-corrected chi connectivity index (χ1v) is 10.8. The van der Waals surface area contributed by atoms with E-state index in [1.165, 1.54) is 24.3 Å². The van der Waals surface area contributed by atoms with Crippen LogP contribution in [0.1, 0.15) is 32.0 Å². The van der Waals surface area contributed by atoms with Gasteiger partial charge in [-0.05, 0) is 38.5 Å². The van der Waals surface area contributed by atoms with E-state index in [0.29, 0.717) is 21.5 Å². The van der Waals surface area contributed by atoms with Gasteiger partial charge in [-0.15, -0.1) is 0 Å². The van der Waals surface area contributed by atoms with Crippen molar-refractivity contribution in [1.29, 1.82) is 0 Å². The molecule has 7 nitrogen and oxygen atoms in total. The van der Waals surface area contributed by atoms with Crippen molar-refractivity contribution in [3.63, 3.8) is 0 Å². The van der Waals surface area contributed by atoms with Gasteiger partial charge in [-0.2, -0.15) is 4.72 Å². The van der Waals surface area contributed by atoms with Crippen LogP contribution in [-0.4, -0.2) is 19.3 Å². The van der Waals surface area contributed by atoms with E-state index in [1.54, 1.807) is 26.8 Å². The zero-order valence-electron chi connectivity index (χ0n) is 15.9. The molecule has 0 aliphatic rings. The largest absolute Gasteiger partial charge is 0.442 e. The summed E-state index contributed by atoms with van der Waals surface area (Å²) < 4.78 is 34.0. The molecule has 1 aromatic carbocycles. The maximum absolute atomic E-state index is 12.8. The summed E-state index contributed by atoms with van der Waals surface area (Å²) in [7, 11) is -3.88. The van der Waals surface area contributed by atoms with Crippen LogP contribution < -0.4 is 10.0 Å². The molecule has 0 fully saturated rings. The van der Waals surface area contributed by atoms with E-state index < -0.39 is 15.6 Å². The molecule has 0 spiro atoms. The molecule has 2 N–H and O–H groups in total. The van der Waals surface area contributed by atoms with E-state index in [1.807, 2.05) is 30.3 Å². The van der Waals surface area contributed by atoms with Gasteiger partial charge >= 0.3 is 0 Å². The zero-order chi connectivity index (χ0) is 20.5. The Hall–Kier alpha value is -2.49. The summed E-state index contributed by atoms with van der Waals surface area (Å²) in [5, 5.41) is 2.87. The fourth-order valence-corrected chi connectivity index (χ4v) is 5.03. The maximum atomic E-state index is 12.8. The number of hydrogen-bond acceptors (Lipinski definition) is 6. The van der Waals surface area contributed by atoms with Crippen molar-refractivity contribution in [2.45, 2.75) is 38.3 Å². The first-order chi connectivity index (χ1) is 13.1. The Morgan fingerprint density at radius 1 is 1.14 bits per heavy atom. The number of nitrogens with one attached hydrogen (secondary N) is 2. The van der Waals surface area contributed by atoms with E-state index in [-0.39, 0.29) is 11.0 Å². The number of aromatic nitrogens is 1. The molecule has 1 amide bonds. The van der Waals surface area contributed by atoms with Crippen LogP contribution in [0.2, 0.25) is 0 Å². The van der Waals surface area contributed by atoms with Crippen molar-refractivity contribution < 1.29 is 17.6 Å². The van der Waals surface area contributed by atoms with Crippen molar-refractivity contribution >= 4 is 32.4 Å². The van der Waals surface area contributed by atoms with Gasteiger partial charge in [0.1, 0.15) is 5.76 Å². The summed E-state index contributed by atoms with van der Waals surface area (Å²) in [5.74, 6) is 0.153. The number of anilines is 1. The number of rotatable bonds is 6. The highest BCUT2D eigenvalue weighted by Crippen LogP contribution is 2.35. The normalized spacial score (nSPS) is 12.1. The van der Waals surface area contributed by atoms with Crippen LogP contribution in [0.5, 0.6) is 0 Å². The third-order valence-corrected chi connectivity index (χ3v) is 6.65. The first-order valence-electron chi connectivity index (χ1n) is 8.53. The zero-order valence-corrected chi connectivity index (χ0v) is 17.6. The molecule has 3 rings (SSSR count). The molecule has 9 heteroatoms. The van der Waals surface area contributed by atoms with Gasteiger partial charge in [-0.1, -0.05) is 41.7 Å². The number of sulfonamides is 1. The number of benzene rings is 1. The summed E-state index contributed by atoms with van der Waals surface area (Å²) in [6, 6.07) is 12.3. The lowest BCUT2D eigenvalue weighted by molar-refractivity contribution is -0.114. The van der Waals surface area contributed by atoms with E-state index in [4.69, 9.17) is 4.42 Å². The first kappa shape index (κ1) is 20.2. The molecule has 0 aliphatic carbocycles. The molecule has 0 aliphatic heterocycles. The second-order valence-electron chi connectivity index (χ2n) is 6.83. The number of furan rings is 1. The summed E-state index contributed by atoms with van der Waals surface area (Å²) in [6.07, 6.45) is 0. The second-order valence-corrected chi connectivity index (χ2v) is 9.44. The topological polar surface area (TPSA) is 101 Å². The van der Waals surface area contributed by atoms with E-state index >= 15 is 0 Å². The standard InChI is InChI=1S/C19H21N3O4S2/c1-12-17(27-18(20-12)21-13(2)23)15-10-11-16(26-15)28(24,25)22-19(3,4)14-8-6-5-7-9-14/h5-11,22H,1-4H3,(H,20,21,23). The van der Waals surface area contributed by atoms with Crippen LogP contribution in [-0.2, 0) is 20.4 Å². The number of carbonyl (C=O) groups is 1. The molecular formula is C19H21N3O4S2. The van der Waals surface area contributed by atoms with E-state index in [0.717, 1.165) is 5.56 Å². The number of nitrogens with zero attached hydrogens (tertiary/aromatic N) is 1. The molecule has 0 unspecified atom stereocenters. The van der Waals surface area contributed by atoms with Gasteiger partial charge in [0, 0.05) is 6.92 Å². The van der Waals surface area contributed by atoms with Crippen molar-refractivity contribution in [3.8, 4) is 10.6 Å². The Kier molecular flexibility index (Phi) is 5.42. The highest BCUT2D eigenvalue weighted by atomic mass is 32.2. The third kappa shape index (κ3) is 4.32. The van der Waals surface area contributed by atoms with Gasteiger partial charge in [0.25, 0.3) is 10.0 Å². The molecule has 0 saturated carbocycles. The summed E-state index contributed by atoms with van der Waals surface area (Å²) in [6.45, 7) is 6.74. The minimum Gasteiger partial charge on any atom is -0.442 e. The van der Waals surface area contributed by atoms with E-state index in [9.17, 15) is 13.2 Å². The lowest BCUT2D eigenvalue weighted by Gasteiger charge is -2.25. The molecule has 3 aromatic rings. The van der Waals surface area contributed by atoms with Gasteiger partial charge in [-0.3, -0.25) is 4.79 Å². The SMILES string of the molecule is CC(=O)Nc1nc(C)c(-c2ccc(S(=O)(=O)NC(C)(C)c3ccccc3)o2)s1. The highest BCUT2D eigenvalue weighted by Gasteiger charge is 2.30. The minimum absolute atomic E-state index is 0.180. The predicted octanol–water partition coefficient (Wildman–Crippen LogP) is 3.88. The van der Waals surface area contributed by atoms with Crippen LogP contribution in [0.15, 0.2) is 52.0 Å². The molecule has 148 valence electrons. The van der Waals surface area contributed by atoms with Gasteiger partial charge in [-0.25, -0.2) is 13.4 Å². The van der Waals surface area contributed by atoms with Crippen molar-refractivity contribution in [2.75, 3.05) is 5.32 Å². The van der Waals surface area contributed by atoms with Crippen molar-refractivity contribution in [1.82, 2.24) is 9.71 Å². The van der Waals surface area contributed by atoms with Gasteiger partial charge < -0.3 is 9.73 Å². The number of hydrogen-bond donors (Lipinski definition) is 2. The molecule has 2 aromatic heterocycles. The number of carbonyl (C=O) groups excluding carboxylic acids is 1. The quantitative estimate of drug-likeness (QED) is 0.631. The van der Waals surface area contributed by atoms with Crippen molar-refractivity contribution in [3.05, 3.63) is 53.7 Å². The fourth-order valence-electron chi connectivity index (χ4n) is 2.72. The van der Waals surface area contributed by atoms with Crippen LogP contribution in [0.4, 0.5) is 5.13 Å². The van der Waals surface area contributed by atoms with Gasteiger partial charge in [0.2, 0.25) is 11.0 Å². The maximum Gasteiger partial charge on any atom is 0.274 e. The Labute approximate surface area is 167 Å². The molecule has 0 bridgehead atoms. The monoisotopic (exact) mass is 419 g/mol.